The van der Waals surface area contributed by atoms with Gasteiger partial charge in [-0.1, -0.05) is 55.5 Å². The molecule has 1 fully saturated rings. The minimum atomic E-state index is -4.78. The van der Waals surface area contributed by atoms with E-state index < -0.39 is 59.6 Å². The van der Waals surface area contributed by atoms with Gasteiger partial charge in [0.25, 0.3) is 5.69 Å². The van der Waals surface area contributed by atoms with Crippen molar-refractivity contribution in [1.82, 2.24) is 30.4 Å². The van der Waals surface area contributed by atoms with Crippen molar-refractivity contribution in [3.8, 4) is 11.5 Å². The number of tetrazole rings is 1. The Morgan fingerprint density at radius 1 is 1.02 bits per heavy atom. The molecular weight excluding hydrogens is 673 g/mol. The molecule has 0 spiro atoms. The minimum Gasteiger partial charge on any atom is -0.476 e. The van der Waals surface area contributed by atoms with Crippen molar-refractivity contribution in [3.63, 3.8) is 0 Å². The Balaban J connectivity index is 1.41. The number of nitrogens with zero attached hydrogens (tertiary/aromatic N) is 6. The van der Waals surface area contributed by atoms with Crippen LogP contribution in [-0.4, -0.2) is 65.0 Å². The third kappa shape index (κ3) is 6.62. The number of non-ortho nitro benzene ring substituents is 1. The van der Waals surface area contributed by atoms with Crippen LogP contribution in [-0.2, 0) is 36.4 Å². The molecule has 50 heavy (non-hydrogen) atoms. The lowest BCUT2D eigenvalue weighted by Crippen LogP contribution is -2.68. The van der Waals surface area contributed by atoms with E-state index in [4.69, 9.17) is 13.6 Å². The van der Waals surface area contributed by atoms with Crippen molar-refractivity contribution in [2.75, 3.05) is 0 Å². The highest BCUT2D eigenvalue weighted by Gasteiger charge is 2.68. The molecule has 2 aliphatic heterocycles. The average molecular weight is 704 g/mol. The van der Waals surface area contributed by atoms with E-state index >= 15 is 0 Å². The van der Waals surface area contributed by atoms with Crippen LogP contribution >= 0.6 is 7.82 Å². The van der Waals surface area contributed by atoms with Gasteiger partial charge < -0.3 is 24.0 Å². The van der Waals surface area contributed by atoms with E-state index in [2.05, 4.69) is 20.8 Å². The van der Waals surface area contributed by atoms with Crippen LogP contribution in [0.3, 0.4) is 0 Å². The summed E-state index contributed by atoms with van der Waals surface area (Å²) in [5.74, 6) is -3.84. The van der Waals surface area contributed by atoms with Crippen molar-refractivity contribution >= 4 is 31.3 Å². The van der Waals surface area contributed by atoms with Crippen molar-refractivity contribution in [1.29, 1.82) is 0 Å². The number of aromatic nitrogens is 4. The lowest BCUT2D eigenvalue weighted by atomic mass is 9.66. The van der Waals surface area contributed by atoms with Crippen LogP contribution in [0.5, 0.6) is 11.5 Å². The fraction of sp³-hybridized carbons (Fsp3) is 0.250. The maximum absolute atomic E-state index is 14.6. The van der Waals surface area contributed by atoms with Gasteiger partial charge in [-0.05, 0) is 53.6 Å². The maximum atomic E-state index is 14.6. The van der Waals surface area contributed by atoms with Crippen LogP contribution in [0.15, 0.2) is 103 Å². The zero-order valence-corrected chi connectivity index (χ0v) is 27.5. The number of hydrogen-bond donors (Lipinski definition) is 2. The summed E-state index contributed by atoms with van der Waals surface area (Å²) in [6.45, 7) is 2.99. The highest BCUT2D eigenvalue weighted by Crippen LogP contribution is 2.62. The summed E-state index contributed by atoms with van der Waals surface area (Å²) >= 11 is 0. The molecule has 1 aromatic heterocycles. The number of phosphoric acid groups is 1. The molecule has 1 saturated heterocycles. The summed E-state index contributed by atoms with van der Waals surface area (Å²) in [6.07, 6.45) is 1.21. The molecule has 18 heteroatoms. The van der Waals surface area contributed by atoms with Gasteiger partial charge in [-0.15, -0.1) is 5.10 Å². The molecular formula is C32H30N7O10P. The zero-order chi connectivity index (χ0) is 35.6. The van der Waals surface area contributed by atoms with Gasteiger partial charge in [0, 0.05) is 18.2 Å². The molecule has 6 rings (SSSR count). The Bertz CT molecular complexity index is 1950. The number of aliphatic carboxylic acids is 1. The molecule has 2 amide bonds. The number of nitrogens with one attached hydrogen (secondary N) is 1. The minimum absolute atomic E-state index is 0.0377. The number of phosphoric ester groups is 1. The fourth-order valence-electron chi connectivity index (χ4n) is 6.31. The average Bonchev–Trinajstić information content (AvgIpc) is 3.65. The standard InChI is InChI=1S/C32H30N7O10P/c1-20(34-25(40)18-37-19-33-35-36-37)26-28-32(2,17-21-13-15-22(16-14-21)39(44)45)29(27(31(42)43)38(28)30(26)41)49-50(46,47-23-9-5-3-6-10-23)48-24-11-7-4-8-12-24/h3-16,19-20,26,28H,17-18H2,1-2H3,(H,34,40)(H,42,43)/t20?,26-,28-,32-/m1/s1. The molecule has 0 radical (unpaired) electrons. The SMILES string of the molecule is CC(NC(=O)Cn1cnnn1)[C@H]1C(=O)N2C(C(=O)O)=C(OP(=O)(Oc3ccccc3)Oc3ccccc3)[C@](C)(Cc3ccc([N+](=O)[O-])cc3)[C@@H]12. The number of nitro groups is 1. The molecule has 1 unspecified atom stereocenters. The third-order valence-electron chi connectivity index (χ3n) is 8.44. The number of fused-ring (bicyclic) bond motifs is 1. The number of rotatable bonds is 14. The van der Waals surface area contributed by atoms with E-state index in [-0.39, 0.29) is 35.9 Å². The number of benzene rings is 3. The topological polar surface area (TPSA) is 218 Å². The molecule has 0 saturated carbocycles. The second-order valence-corrected chi connectivity index (χ2v) is 13.3. The van der Waals surface area contributed by atoms with E-state index in [9.17, 15) is 34.2 Å². The monoisotopic (exact) mass is 703 g/mol. The predicted octanol–water partition coefficient (Wildman–Crippen LogP) is 3.75. The highest BCUT2D eigenvalue weighted by atomic mass is 31.2. The molecule has 258 valence electrons. The lowest BCUT2D eigenvalue weighted by Gasteiger charge is -2.51. The Hall–Kier alpha value is -6.09. The summed E-state index contributed by atoms with van der Waals surface area (Å²) < 4.78 is 33.6. The number of hydrogen-bond acceptors (Lipinski definition) is 12. The second-order valence-electron chi connectivity index (χ2n) is 11.9. The molecule has 0 aliphatic carbocycles. The fourth-order valence-corrected chi connectivity index (χ4v) is 7.70. The number of carbonyl (C=O) groups excluding carboxylic acids is 2. The number of carboxylic acids is 1. The Kier molecular flexibility index (Phi) is 9.08. The van der Waals surface area contributed by atoms with Crippen molar-refractivity contribution < 1.29 is 42.5 Å². The van der Waals surface area contributed by atoms with E-state index in [0.29, 0.717) is 5.56 Å². The maximum Gasteiger partial charge on any atom is 0.646 e. The molecule has 17 nitrogen and oxygen atoms in total. The number of carboxylic acid groups (broad SMARTS) is 1. The summed E-state index contributed by atoms with van der Waals surface area (Å²) in [7, 11) is -4.78. The van der Waals surface area contributed by atoms with E-state index in [0.717, 1.165) is 4.90 Å². The molecule has 3 aromatic carbocycles. The van der Waals surface area contributed by atoms with Crippen LogP contribution in [0.4, 0.5) is 5.69 Å². The van der Waals surface area contributed by atoms with Gasteiger partial charge in [-0.2, -0.15) is 4.57 Å². The molecule has 4 atom stereocenters. The molecule has 4 aromatic rings. The van der Waals surface area contributed by atoms with Gasteiger partial charge in [0.05, 0.1) is 22.3 Å². The summed E-state index contributed by atoms with van der Waals surface area (Å²) in [5.41, 5.74) is -1.69. The third-order valence-corrected chi connectivity index (χ3v) is 9.71. The molecule has 2 aliphatic rings. The quantitative estimate of drug-likeness (QED) is 0.0828. The Morgan fingerprint density at radius 3 is 2.14 bits per heavy atom. The van der Waals surface area contributed by atoms with Crippen molar-refractivity contribution in [3.05, 3.63) is 118 Å². The van der Waals surface area contributed by atoms with Gasteiger partial charge in [-0.25, -0.2) is 9.48 Å². The number of β-lactam (4-membered cyclic amide) rings is 1. The Morgan fingerprint density at radius 2 is 1.62 bits per heavy atom. The van der Waals surface area contributed by atoms with E-state index in [1.165, 1.54) is 59.5 Å². The first kappa shape index (κ1) is 33.8. The normalized spacial score (nSPS) is 20.4. The lowest BCUT2D eigenvalue weighted by molar-refractivity contribution is -0.384. The molecule has 3 heterocycles. The number of para-hydroxylation sites is 2. The molecule has 0 bridgehead atoms. The largest absolute Gasteiger partial charge is 0.646 e. The van der Waals surface area contributed by atoms with Crippen LogP contribution in [0.2, 0.25) is 0 Å². The number of carbonyl (C=O) groups is 3. The van der Waals surface area contributed by atoms with E-state index in [1.807, 2.05) is 0 Å². The van der Waals surface area contributed by atoms with Crippen molar-refractivity contribution in [2.45, 2.75) is 38.9 Å². The van der Waals surface area contributed by atoms with Crippen LogP contribution in [0.1, 0.15) is 19.4 Å². The molecule has 2 N–H and O–H groups in total. The number of nitro benzene ring substituents is 1. The first-order valence-electron chi connectivity index (χ1n) is 15.2. The smallest absolute Gasteiger partial charge is 0.476 e. The summed E-state index contributed by atoms with van der Waals surface area (Å²) in [5, 5.41) is 35.3. The summed E-state index contributed by atoms with van der Waals surface area (Å²) in [4.78, 5) is 51.5. The van der Waals surface area contributed by atoms with Crippen LogP contribution < -0.4 is 14.4 Å². The second kappa shape index (κ2) is 13.4. The van der Waals surface area contributed by atoms with Gasteiger partial charge in [0.1, 0.15) is 30.1 Å². The summed E-state index contributed by atoms with van der Waals surface area (Å²) in [6, 6.07) is 19.8. The first-order chi connectivity index (χ1) is 23.9. The van der Waals surface area contributed by atoms with Gasteiger partial charge in [0.2, 0.25) is 11.8 Å². The zero-order valence-electron chi connectivity index (χ0n) is 26.6. The van der Waals surface area contributed by atoms with Crippen LogP contribution in [0, 0.1) is 21.4 Å². The van der Waals surface area contributed by atoms with Crippen molar-refractivity contribution in [2.24, 2.45) is 11.3 Å². The highest BCUT2D eigenvalue weighted by molar-refractivity contribution is 7.49. The number of amides is 2. The van der Waals surface area contributed by atoms with Gasteiger partial charge in [-0.3, -0.25) is 24.6 Å². The van der Waals surface area contributed by atoms with Gasteiger partial charge in [0.15, 0.2) is 5.70 Å². The van der Waals surface area contributed by atoms with Gasteiger partial charge >= 0.3 is 13.8 Å². The van der Waals surface area contributed by atoms with E-state index in [1.54, 1.807) is 50.2 Å². The Labute approximate surface area is 284 Å². The first-order valence-corrected chi connectivity index (χ1v) is 16.7. The van der Waals surface area contributed by atoms with Crippen LogP contribution in [0.25, 0.3) is 0 Å². The predicted molar refractivity (Wildman–Crippen MR) is 172 cm³/mol.